The Bertz CT molecular complexity index is 661. The van der Waals surface area contributed by atoms with Gasteiger partial charge in [-0.15, -0.1) is 0 Å². The number of nitrogens with two attached hydrogens (primary N) is 1. The van der Waals surface area contributed by atoms with Crippen molar-refractivity contribution < 1.29 is 18.0 Å². The zero-order valence-electron chi connectivity index (χ0n) is 10.2. The van der Waals surface area contributed by atoms with E-state index in [1.54, 1.807) is 12.1 Å². The fourth-order valence-electron chi connectivity index (χ4n) is 1.59. The number of benzene rings is 1. The molecule has 0 spiro atoms. The van der Waals surface area contributed by atoms with Crippen LogP contribution in [0.4, 0.5) is 19.0 Å². The van der Waals surface area contributed by atoms with E-state index in [4.69, 9.17) is 5.73 Å². The summed E-state index contributed by atoms with van der Waals surface area (Å²) in [6, 6.07) is 4.78. The molecular formula is C13H10F3N3O. The van der Waals surface area contributed by atoms with Gasteiger partial charge in [0.15, 0.2) is 17.5 Å². The van der Waals surface area contributed by atoms with E-state index in [0.717, 1.165) is 6.07 Å². The van der Waals surface area contributed by atoms with E-state index in [1.165, 1.54) is 6.20 Å². The minimum absolute atomic E-state index is 0.115. The second-order valence-electron chi connectivity index (χ2n) is 3.89. The summed E-state index contributed by atoms with van der Waals surface area (Å²) in [7, 11) is 0. The van der Waals surface area contributed by atoms with Gasteiger partial charge in [0.2, 0.25) is 0 Å². The highest BCUT2D eigenvalue weighted by Gasteiger charge is 2.19. The predicted octanol–water partition coefficient (Wildman–Crippen LogP) is 2.21. The monoisotopic (exact) mass is 281 g/mol. The van der Waals surface area contributed by atoms with Crippen LogP contribution < -0.4 is 11.1 Å². The largest absolute Gasteiger partial charge is 0.326 e. The molecule has 0 aliphatic heterocycles. The smallest absolute Gasteiger partial charge is 0.259 e. The fraction of sp³-hybridized carbons (Fsp3) is 0.0769. The minimum Gasteiger partial charge on any atom is -0.326 e. The number of amides is 1. The number of carbonyl (C=O) groups is 1. The lowest BCUT2D eigenvalue weighted by Gasteiger charge is -2.09. The zero-order valence-corrected chi connectivity index (χ0v) is 10.2. The Morgan fingerprint density at radius 2 is 1.95 bits per heavy atom. The second-order valence-corrected chi connectivity index (χ2v) is 3.89. The van der Waals surface area contributed by atoms with Crippen molar-refractivity contribution in [1.82, 2.24) is 4.98 Å². The molecule has 0 unspecified atom stereocenters. The van der Waals surface area contributed by atoms with Gasteiger partial charge in [-0.25, -0.2) is 18.2 Å². The fourth-order valence-corrected chi connectivity index (χ4v) is 1.59. The molecule has 7 heteroatoms. The van der Waals surface area contributed by atoms with Crippen molar-refractivity contribution in [2.75, 3.05) is 5.32 Å². The Morgan fingerprint density at radius 3 is 2.65 bits per heavy atom. The van der Waals surface area contributed by atoms with Crippen molar-refractivity contribution in [3.05, 3.63) is 59.0 Å². The zero-order chi connectivity index (χ0) is 14.7. The molecule has 2 rings (SSSR count). The van der Waals surface area contributed by atoms with Gasteiger partial charge in [0, 0.05) is 18.3 Å². The average Bonchev–Trinajstić information content (AvgIpc) is 2.45. The van der Waals surface area contributed by atoms with Gasteiger partial charge >= 0.3 is 0 Å². The molecule has 0 aliphatic carbocycles. The van der Waals surface area contributed by atoms with Gasteiger partial charge in [0.1, 0.15) is 5.82 Å². The molecule has 20 heavy (non-hydrogen) atoms. The maximum atomic E-state index is 13.5. The normalized spacial score (nSPS) is 10.4. The number of rotatable bonds is 3. The van der Waals surface area contributed by atoms with E-state index >= 15 is 0 Å². The molecule has 0 radical (unpaired) electrons. The van der Waals surface area contributed by atoms with Crippen LogP contribution in [-0.2, 0) is 6.54 Å². The number of carbonyl (C=O) groups excluding carboxylic acids is 1. The highest BCUT2D eigenvalue weighted by Crippen LogP contribution is 2.17. The molecule has 3 N–H and O–H groups in total. The van der Waals surface area contributed by atoms with E-state index in [9.17, 15) is 18.0 Å². The van der Waals surface area contributed by atoms with Crippen LogP contribution in [0, 0.1) is 17.5 Å². The summed E-state index contributed by atoms with van der Waals surface area (Å²) >= 11 is 0. The summed E-state index contributed by atoms with van der Waals surface area (Å²) < 4.78 is 39.3. The van der Waals surface area contributed by atoms with E-state index in [0.29, 0.717) is 11.6 Å². The number of aromatic nitrogens is 1. The molecule has 104 valence electrons. The Labute approximate surface area is 112 Å². The number of nitrogens with zero attached hydrogens (tertiary/aromatic N) is 1. The van der Waals surface area contributed by atoms with E-state index in [1.807, 2.05) is 0 Å². The third-order valence-corrected chi connectivity index (χ3v) is 2.62. The van der Waals surface area contributed by atoms with Gasteiger partial charge in [0.05, 0.1) is 5.56 Å². The van der Waals surface area contributed by atoms with Crippen LogP contribution in [0.1, 0.15) is 15.9 Å². The van der Waals surface area contributed by atoms with Crippen LogP contribution in [0.25, 0.3) is 0 Å². The molecule has 2 aromatic rings. The summed E-state index contributed by atoms with van der Waals surface area (Å²) in [5, 5.41) is 2.31. The summed E-state index contributed by atoms with van der Waals surface area (Å²) in [4.78, 5) is 15.7. The molecular weight excluding hydrogens is 271 g/mol. The number of pyridine rings is 1. The van der Waals surface area contributed by atoms with Gasteiger partial charge in [0.25, 0.3) is 5.91 Å². The second kappa shape index (κ2) is 5.70. The first kappa shape index (κ1) is 14.0. The third kappa shape index (κ3) is 2.62. The first-order valence-corrected chi connectivity index (χ1v) is 5.63. The van der Waals surface area contributed by atoms with Gasteiger partial charge < -0.3 is 11.1 Å². The summed E-state index contributed by atoms with van der Waals surface area (Å²) in [5.41, 5.74) is 5.38. The van der Waals surface area contributed by atoms with Gasteiger partial charge in [-0.3, -0.25) is 4.79 Å². The Kier molecular flexibility index (Phi) is 3.99. The highest BCUT2D eigenvalue weighted by atomic mass is 19.2. The van der Waals surface area contributed by atoms with Crippen molar-refractivity contribution in [3.63, 3.8) is 0 Å². The van der Waals surface area contributed by atoms with Crippen LogP contribution >= 0.6 is 0 Å². The van der Waals surface area contributed by atoms with Crippen LogP contribution in [0.15, 0.2) is 30.5 Å². The number of anilines is 1. The van der Waals surface area contributed by atoms with E-state index in [2.05, 4.69) is 10.3 Å². The number of halogens is 3. The molecule has 4 nitrogen and oxygen atoms in total. The molecule has 1 amide bonds. The van der Waals surface area contributed by atoms with Crippen LogP contribution in [0.5, 0.6) is 0 Å². The summed E-state index contributed by atoms with van der Waals surface area (Å²) in [6.45, 7) is 0.115. The lowest BCUT2D eigenvalue weighted by Crippen LogP contribution is -2.17. The highest BCUT2D eigenvalue weighted by molar-refractivity contribution is 6.04. The Balaban J connectivity index is 2.31. The number of hydrogen-bond acceptors (Lipinski definition) is 3. The summed E-state index contributed by atoms with van der Waals surface area (Å²) in [6.07, 6.45) is 1.41. The first-order chi connectivity index (χ1) is 9.54. The Morgan fingerprint density at radius 1 is 1.20 bits per heavy atom. The minimum atomic E-state index is -1.70. The molecule has 0 saturated heterocycles. The SMILES string of the molecule is NCc1cccnc1NC(=O)c1ccc(F)c(F)c1F. The maximum Gasteiger partial charge on any atom is 0.259 e. The lowest BCUT2D eigenvalue weighted by atomic mass is 10.1. The molecule has 0 fully saturated rings. The van der Waals surface area contributed by atoms with Crippen LogP contribution in [0.2, 0.25) is 0 Å². The summed E-state index contributed by atoms with van der Waals surface area (Å²) in [5.74, 6) is -5.40. The molecule has 0 atom stereocenters. The molecule has 1 aromatic carbocycles. The third-order valence-electron chi connectivity index (χ3n) is 2.62. The maximum absolute atomic E-state index is 13.5. The van der Waals surface area contributed by atoms with E-state index in [-0.39, 0.29) is 12.4 Å². The van der Waals surface area contributed by atoms with Gasteiger partial charge in [-0.1, -0.05) is 6.07 Å². The molecule has 0 saturated carbocycles. The van der Waals surface area contributed by atoms with Crippen molar-refractivity contribution >= 4 is 11.7 Å². The molecule has 1 aromatic heterocycles. The average molecular weight is 281 g/mol. The van der Waals surface area contributed by atoms with Gasteiger partial charge in [-0.2, -0.15) is 0 Å². The first-order valence-electron chi connectivity index (χ1n) is 5.63. The molecule has 1 heterocycles. The molecule has 0 bridgehead atoms. The topological polar surface area (TPSA) is 68.0 Å². The number of hydrogen-bond donors (Lipinski definition) is 2. The number of nitrogens with one attached hydrogen (secondary N) is 1. The van der Waals surface area contributed by atoms with Gasteiger partial charge in [-0.05, 0) is 18.2 Å². The standard InChI is InChI=1S/C13H10F3N3O/c14-9-4-3-8(10(15)11(9)16)13(20)19-12-7(6-17)2-1-5-18-12/h1-5H,6,17H2,(H,18,19,20). The van der Waals surface area contributed by atoms with Crippen LogP contribution in [-0.4, -0.2) is 10.9 Å². The quantitative estimate of drug-likeness (QED) is 0.847. The Hall–Kier alpha value is -2.41. The van der Waals surface area contributed by atoms with Crippen LogP contribution in [0.3, 0.4) is 0 Å². The van der Waals surface area contributed by atoms with E-state index < -0.39 is 28.9 Å². The van der Waals surface area contributed by atoms with Crippen molar-refractivity contribution in [1.29, 1.82) is 0 Å². The van der Waals surface area contributed by atoms with Crippen molar-refractivity contribution in [3.8, 4) is 0 Å². The molecule has 0 aliphatic rings. The van der Waals surface area contributed by atoms with Crippen molar-refractivity contribution in [2.45, 2.75) is 6.54 Å². The predicted molar refractivity (Wildman–Crippen MR) is 66.4 cm³/mol. The van der Waals surface area contributed by atoms with Crippen molar-refractivity contribution in [2.24, 2.45) is 5.73 Å². The lowest BCUT2D eigenvalue weighted by molar-refractivity contribution is 0.102.